The van der Waals surface area contributed by atoms with Gasteiger partial charge in [-0.1, -0.05) is 6.92 Å². The summed E-state index contributed by atoms with van der Waals surface area (Å²) in [6.07, 6.45) is 1.02. The molecule has 0 aliphatic carbocycles. The van der Waals surface area contributed by atoms with Crippen molar-refractivity contribution in [3.05, 3.63) is 41.0 Å². The van der Waals surface area contributed by atoms with E-state index < -0.39 is 0 Å². The standard InChI is InChI=1S/C16H17N3OS.ClH/c1-4-13-9-14-15(17-10(2)18-16(14)21-13)19-11-5-7-12(20-3)8-6-11;/h5-9H,4H2,1-3H3,(H,17,18,19);1H. The summed E-state index contributed by atoms with van der Waals surface area (Å²) in [5, 5.41) is 4.46. The van der Waals surface area contributed by atoms with E-state index in [4.69, 9.17) is 4.74 Å². The van der Waals surface area contributed by atoms with Crippen LogP contribution in [0.15, 0.2) is 30.3 Å². The molecule has 0 radical (unpaired) electrons. The van der Waals surface area contributed by atoms with Gasteiger partial charge >= 0.3 is 0 Å². The molecule has 2 heterocycles. The maximum atomic E-state index is 5.17. The summed E-state index contributed by atoms with van der Waals surface area (Å²) in [5.41, 5.74) is 0.986. The summed E-state index contributed by atoms with van der Waals surface area (Å²) >= 11 is 1.73. The zero-order chi connectivity index (χ0) is 14.8. The number of thiophene rings is 1. The van der Waals surface area contributed by atoms with E-state index >= 15 is 0 Å². The summed E-state index contributed by atoms with van der Waals surface area (Å²) in [4.78, 5) is 11.4. The van der Waals surface area contributed by atoms with Gasteiger partial charge in [0, 0.05) is 10.6 Å². The second kappa shape index (κ2) is 6.94. The molecule has 1 N–H and O–H groups in total. The molecule has 0 aliphatic rings. The summed E-state index contributed by atoms with van der Waals surface area (Å²) < 4.78 is 5.17. The Morgan fingerprint density at radius 2 is 1.91 bits per heavy atom. The lowest BCUT2D eigenvalue weighted by Crippen LogP contribution is -1.97. The summed E-state index contributed by atoms with van der Waals surface area (Å²) in [5.74, 6) is 2.48. The van der Waals surface area contributed by atoms with Crippen LogP contribution in [0, 0.1) is 6.92 Å². The van der Waals surface area contributed by atoms with Crippen molar-refractivity contribution >= 4 is 45.5 Å². The zero-order valence-corrected chi connectivity index (χ0v) is 14.3. The Bertz CT molecular complexity index is 771. The van der Waals surface area contributed by atoms with Crippen LogP contribution in [-0.2, 0) is 6.42 Å². The normalized spacial score (nSPS) is 10.3. The van der Waals surface area contributed by atoms with Gasteiger partial charge in [0.1, 0.15) is 22.2 Å². The fraction of sp³-hybridized carbons (Fsp3) is 0.250. The molecular weight excluding hydrogens is 318 g/mol. The second-order valence-electron chi connectivity index (χ2n) is 4.76. The molecule has 2 aromatic heterocycles. The van der Waals surface area contributed by atoms with E-state index in [0.717, 1.165) is 39.7 Å². The number of anilines is 2. The molecule has 0 atom stereocenters. The van der Waals surface area contributed by atoms with E-state index in [1.807, 2.05) is 31.2 Å². The number of hydrogen-bond donors (Lipinski definition) is 1. The van der Waals surface area contributed by atoms with Crippen LogP contribution < -0.4 is 10.1 Å². The number of nitrogens with zero attached hydrogens (tertiary/aromatic N) is 2. The Morgan fingerprint density at radius 3 is 2.55 bits per heavy atom. The number of nitrogens with one attached hydrogen (secondary N) is 1. The van der Waals surface area contributed by atoms with Gasteiger partial charge in [-0.2, -0.15) is 0 Å². The largest absolute Gasteiger partial charge is 0.497 e. The third-order valence-corrected chi connectivity index (χ3v) is 4.43. The number of halogens is 1. The highest BCUT2D eigenvalue weighted by molar-refractivity contribution is 7.18. The maximum Gasteiger partial charge on any atom is 0.142 e. The fourth-order valence-electron chi connectivity index (χ4n) is 2.16. The number of hydrogen-bond acceptors (Lipinski definition) is 5. The summed E-state index contributed by atoms with van der Waals surface area (Å²) in [6, 6.07) is 9.99. The fourth-order valence-corrected chi connectivity index (χ4v) is 3.17. The molecule has 1 aromatic carbocycles. The lowest BCUT2D eigenvalue weighted by Gasteiger charge is -2.08. The van der Waals surface area contributed by atoms with Gasteiger partial charge in [0.05, 0.1) is 12.5 Å². The highest BCUT2D eigenvalue weighted by Crippen LogP contribution is 2.31. The van der Waals surface area contributed by atoms with Crippen LogP contribution in [0.3, 0.4) is 0 Å². The molecule has 22 heavy (non-hydrogen) atoms. The first kappa shape index (κ1) is 16.5. The van der Waals surface area contributed by atoms with E-state index in [-0.39, 0.29) is 12.4 Å². The van der Waals surface area contributed by atoms with Gasteiger partial charge in [-0.3, -0.25) is 0 Å². The molecule has 6 heteroatoms. The monoisotopic (exact) mass is 335 g/mol. The molecule has 0 bridgehead atoms. The summed E-state index contributed by atoms with van der Waals surface area (Å²) in [6.45, 7) is 4.07. The number of fused-ring (bicyclic) bond motifs is 1. The SMILES string of the molecule is CCc1cc2c(Nc3ccc(OC)cc3)nc(C)nc2s1.Cl. The molecule has 3 rings (SSSR count). The zero-order valence-electron chi connectivity index (χ0n) is 12.7. The number of rotatable bonds is 4. The van der Waals surface area contributed by atoms with Gasteiger partial charge in [-0.05, 0) is 43.7 Å². The molecule has 0 amide bonds. The minimum atomic E-state index is 0. The number of ether oxygens (including phenoxy) is 1. The van der Waals surface area contributed by atoms with Crippen molar-refractivity contribution in [2.24, 2.45) is 0 Å². The Balaban J connectivity index is 0.00000176. The van der Waals surface area contributed by atoms with Gasteiger partial charge in [0.25, 0.3) is 0 Å². The molecular formula is C16H18ClN3OS. The van der Waals surface area contributed by atoms with E-state index in [1.54, 1.807) is 18.4 Å². The lowest BCUT2D eigenvalue weighted by atomic mass is 10.2. The van der Waals surface area contributed by atoms with Crippen LogP contribution >= 0.6 is 23.7 Å². The highest BCUT2D eigenvalue weighted by Gasteiger charge is 2.10. The van der Waals surface area contributed by atoms with Crippen molar-refractivity contribution in [1.29, 1.82) is 0 Å². The first-order chi connectivity index (χ1) is 10.2. The minimum Gasteiger partial charge on any atom is -0.497 e. The average Bonchev–Trinajstić information content (AvgIpc) is 2.91. The molecule has 116 valence electrons. The third-order valence-electron chi connectivity index (χ3n) is 3.26. The van der Waals surface area contributed by atoms with Gasteiger partial charge < -0.3 is 10.1 Å². The van der Waals surface area contributed by atoms with Crippen molar-refractivity contribution in [2.45, 2.75) is 20.3 Å². The van der Waals surface area contributed by atoms with Crippen LogP contribution in [0.5, 0.6) is 5.75 Å². The quantitative estimate of drug-likeness (QED) is 0.748. The Labute approximate surface area is 140 Å². The predicted molar refractivity (Wildman–Crippen MR) is 95.1 cm³/mol. The number of benzene rings is 1. The molecule has 0 fully saturated rings. The van der Waals surface area contributed by atoms with E-state index in [2.05, 4.69) is 28.3 Å². The molecule has 0 aliphatic heterocycles. The van der Waals surface area contributed by atoms with Crippen molar-refractivity contribution in [3.63, 3.8) is 0 Å². The topological polar surface area (TPSA) is 47.0 Å². The van der Waals surface area contributed by atoms with Crippen molar-refractivity contribution in [2.75, 3.05) is 12.4 Å². The van der Waals surface area contributed by atoms with Crippen molar-refractivity contribution in [3.8, 4) is 5.75 Å². The molecule has 0 unspecified atom stereocenters. The first-order valence-corrected chi connectivity index (χ1v) is 7.69. The molecule has 0 spiro atoms. The van der Waals surface area contributed by atoms with Gasteiger partial charge in [0.2, 0.25) is 0 Å². The van der Waals surface area contributed by atoms with Crippen LogP contribution in [0.25, 0.3) is 10.2 Å². The first-order valence-electron chi connectivity index (χ1n) is 6.87. The van der Waals surface area contributed by atoms with Crippen LogP contribution in [0.1, 0.15) is 17.6 Å². The van der Waals surface area contributed by atoms with Crippen LogP contribution in [0.4, 0.5) is 11.5 Å². The molecule has 0 saturated carbocycles. The van der Waals surface area contributed by atoms with Gasteiger partial charge in [-0.15, -0.1) is 23.7 Å². The minimum absolute atomic E-state index is 0. The van der Waals surface area contributed by atoms with E-state index in [0.29, 0.717) is 0 Å². The van der Waals surface area contributed by atoms with E-state index in [9.17, 15) is 0 Å². The predicted octanol–water partition coefficient (Wildman–Crippen LogP) is 4.74. The van der Waals surface area contributed by atoms with Crippen LogP contribution in [0.2, 0.25) is 0 Å². The van der Waals surface area contributed by atoms with Crippen molar-refractivity contribution in [1.82, 2.24) is 9.97 Å². The molecule has 4 nitrogen and oxygen atoms in total. The number of aromatic nitrogens is 2. The lowest BCUT2D eigenvalue weighted by molar-refractivity contribution is 0.415. The molecule has 0 saturated heterocycles. The third kappa shape index (κ3) is 3.31. The number of aryl methyl sites for hydroxylation is 2. The Kier molecular flexibility index (Phi) is 5.21. The smallest absolute Gasteiger partial charge is 0.142 e. The Hall–Kier alpha value is -1.85. The summed E-state index contributed by atoms with van der Waals surface area (Å²) in [7, 11) is 1.66. The van der Waals surface area contributed by atoms with Gasteiger partial charge in [-0.25, -0.2) is 9.97 Å². The second-order valence-corrected chi connectivity index (χ2v) is 5.87. The molecule has 3 aromatic rings. The van der Waals surface area contributed by atoms with Crippen molar-refractivity contribution < 1.29 is 4.74 Å². The van der Waals surface area contributed by atoms with Crippen LogP contribution in [-0.4, -0.2) is 17.1 Å². The average molecular weight is 336 g/mol. The maximum absolute atomic E-state index is 5.17. The van der Waals surface area contributed by atoms with Gasteiger partial charge in [0.15, 0.2) is 0 Å². The number of methoxy groups -OCH3 is 1. The van der Waals surface area contributed by atoms with E-state index in [1.165, 1.54) is 4.88 Å². The Morgan fingerprint density at radius 1 is 1.18 bits per heavy atom. The highest BCUT2D eigenvalue weighted by atomic mass is 35.5.